The molecule has 1 aliphatic carbocycles. The number of phenolic OH excluding ortho intramolecular Hbond substituents is 1. The molecule has 0 radical (unpaired) electrons. The number of fused-ring (bicyclic) bond motifs is 2. The van der Waals surface area contributed by atoms with E-state index < -0.39 is 5.82 Å². The monoisotopic (exact) mass is 539 g/mol. The first-order chi connectivity index (χ1) is 18.8. The van der Waals surface area contributed by atoms with Crippen LogP contribution in [0.25, 0.3) is 0 Å². The van der Waals surface area contributed by atoms with E-state index in [9.17, 15) is 14.3 Å². The van der Waals surface area contributed by atoms with Gasteiger partial charge in [0.25, 0.3) is 0 Å². The van der Waals surface area contributed by atoms with Crippen LogP contribution in [0.2, 0.25) is 0 Å². The summed E-state index contributed by atoms with van der Waals surface area (Å²) in [6.07, 6.45) is 4.30. The Labute approximate surface area is 230 Å². The molecule has 3 aliphatic heterocycles. The molecule has 2 aromatic rings. The molecule has 4 heterocycles. The van der Waals surface area contributed by atoms with E-state index in [4.69, 9.17) is 4.98 Å². The second-order valence-corrected chi connectivity index (χ2v) is 12.1. The van der Waals surface area contributed by atoms with Crippen LogP contribution in [0.15, 0.2) is 12.1 Å². The van der Waals surface area contributed by atoms with Crippen molar-refractivity contribution in [1.29, 1.82) is 0 Å². The Kier molecular flexibility index (Phi) is 7.16. The zero-order chi connectivity index (χ0) is 27.4. The lowest BCUT2D eigenvalue weighted by Crippen LogP contribution is -2.63. The number of hydrogen-bond donors (Lipinski definition) is 4. The van der Waals surface area contributed by atoms with E-state index in [2.05, 4.69) is 46.7 Å². The van der Waals surface area contributed by atoms with Crippen LogP contribution in [-0.2, 0) is 24.2 Å². The first-order valence-corrected chi connectivity index (χ1v) is 14.6. The van der Waals surface area contributed by atoms with Crippen molar-refractivity contribution in [2.75, 3.05) is 33.7 Å². The minimum atomic E-state index is -0.537. The quantitative estimate of drug-likeness (QED) is 0.448. The van der Waals surface area contributed by atoms with Crippen molar-refractivity contribution in [3.8, 4) is 5.75 Å². The van der Waals surface area contributed by atoms with Gasteiger partial charge in [-0.05, 0) is 81.4 Å². The van der Waals surface area contributed by atoms with E-state index in [0.717, 1.165) is 73.7 Å². The highest BCUT2D eigenvalue weighted by atomic mass is 19.1. The highest BCUT2D eigenvalue weighted by molar-refractivity contribution is 5.83. The number of halogens is 1. The minimum absolute atomic E-state index is 0.0733. The second kappa shape index (κ2) is 10.5. The van der Waals surface area contributed by atoms with Gasteiger partial charge < -0.3 is 19.9 Å². The molecule has 3 fully saturated rings. The fraction of sp³-hybridized carbons (Fsp3) is 0.655. The number of likely N-dealkylation sites (tertiary alicyclic amines) is 1. The van der Waals surface area contributed by atoms with Crippen LogP contribution >= 0.6 is 0 Å². The number of hydrazine groups is 1. The van der Waals surface area contributed by atoms with Gasteiger partial charge in [-0.1, -0.05) is 13.8 Å². The molecule has 2 saturated heterocycles. The van der Waals surface area contributed by atoms with Crippen LogP contribution in [-0.4, -0.2) is 87.5 Å². The van der Waals surface area contributed by atoms with Crippen LogP contribution in [0.4, 0.5) is 4.39 Å². The molecule has 1 aromatic carbocycles. The maximum Gasteiger partial charge on any atom is 0.240 e. The van der Waals surface area contributed by atoms with E-state index in [1.807, 2.05) is 11.8 Å². The van der Waals surface area contributed by atoms with Crippen molar-refractivity contribution in [1.82, 2.24) is 35.5 Å². The molecule has 39 heavy (non-hydrogen) atoms. The summed E-state index contributed by atoms with van der Waals surface area (Å²) in [7, 11) is 4.14. The number of carbonyl (C=O) groups is 1. The van der Waals surface area contributed by atoms with Gasteiger partial charge in [0.1, 0.15) is 5.82 Å². The summed E-state index contributed by atoms with van der Waals surface area (Å²) in [4.78, 5) is 28.5. The predicted molar refractivity (Wildman–Crippen MR) is 147 cm³/mol. The number of carbonyl (C=O) groups excluding carboxylic acids is 1. The molecule has 4 aliphatic rings. The summed E-state index contributed by atoms with van der Waals surface area (Å²) in [5.41, 5.74) is 11.2. The van der Waals surface area contributed by atoms with Crippen molar-refractivity contribution in [3.63, 3.8) is 0 Å². The molecular formula is C29H42FN7O2. The average molecular weight is 540 g/mol. The van der Waals surface area contributed by atoms with Gasteiger partial charge in [0.2, 0.25) is 5.91 Å². The molecule has 1 amide bonds. The van der Waals surface area contributed by atoms with Gasteiger partial charge in [-0.25, -0.2) is 14.8 Å². The molecule has 1 saturated carbocycles. The summed E-state index contributed by atoms with van der Waals surface area (Å²) in [5, 5.41) is 9.85. The maximum atomic E-state index is 14.2. The highest BCUT2D eigenvalue weighted by Gasteiger charge is 2.44. The summed E-state index contributed by atoms with van der Waals surface area (Å²) in [6.45, 7) is 7.31. The molecule has 10 heteroatoms. The Morgan fingerprint density at radius 1 is 1.21 bits per heavy atom. The number of hydrogen-bond acceptors (Lipinski definition) is 7. The van der Waals surface area contributed by atoms with Crippen molar-refractivity contribution in [2.45, 2.75) is 82.6 Å². The van der Waals surface area contributed by atoms with Crippen molar-refractivity contribution in [2.24, 2.45) is 5.92 Å². The van der Waals surface area contributed by atoms with Gasteiger partial charge in [0.15, 0.2) is 11.6 Å². The molecule has 0 spiro atoms. The molecule has 212 valence electrons. The molecule has 4 N–H and O–H groups in total. The SMILES string of the molecule is CCc1cc(O)c(F)cc1C1CCC2C(C1)NNC2c1nc2c([nH]1)CN(CC)C(C(=O)N1CC(N(C)C)C1)C2. The Hall–Kier alpha value is -2.53. The van der Waals surface area contributed by atoms with Gasteiger partial charge in [0, 0.05) is 38.1 Å². The van der Waals surface area contributed by atoms with Crippen molar-refractivity contribution in [3.05, 3.63) is 46.3 Å². The number of aromatic hydroxyl groups is 1. The number of imidazole rings is 1. The van der Waals surface area contributed by atoms with Gasteiger partial charge in [-0.15, -0.1) is 0 Å². The molecule has 5 atom stereocenters. The molecule has 0 bridgehead atoms. The molecular weight excluding hydrogens is 497 g/mol. The van der Waals surface area contributed by atoms with E-state index >= 15 is 0 Å². The topological polar surface area (TPSA) is 99.8 Å². The smallest absolute Gasteiger partial charge is 0.240 e. The highest BCUT2D eigenvalue weighted by Crippen LogP contribution is 2.44. The number of benzene rings is 1. The number of rotatable bonds is 6. The number of nitrogens with one attached hydrogen (secondary N) is 3. The normalized spacial score (nSPS) is 29.4. The fourth-order valence-electron chi connectivity index (χ4n) is 7.21. The van der Waals surface area contributed by atoms with Crippen LogP contribution in [0.3, 0.4) is 0 Å². The van der Waals surface area contributed by atoms with Crippen LogP contribution in [0, 0.1) is 11.7 Å². The van der Waals surface area contributed by atoms with E-state index in [0.29, 0.717) is 24.9 Å². The van der Waals surface area contributed by atoms with Crippen molar-refractivity contribution >= 4 is 5.91 Å². The molecule has 5 unspecified atom stereocenters. The number of aryl methyl sites for hydroxylation is 1. The summed E-state index contributed by atoms with van der Waals surface area (Å²) in [5.74, 6) is 1.01. The second-order valence-electron chi connectivity index (χ2n) is 12.1. The predicted octanol–water partition coefficient (Wildman–Crippen LogP) is 2.44. The standard InChI is InChI=1S/C29H42FN7O2/c1-5-16-10-26(38)21(30)11-20(16)17-7-8-19-22(9-17)33-34-27(19)28-31-23-12-25(36(6-2)15-24(23)32-28)29(39)37-13-18(14-37)35(3)4/h10-11,17-19,22,25,27,33-34,38H,5-9,12-15H2,1-4H3,(H,31,32). The van der Waals surface area contributed by atoms with E-state index in [1.165, 1.54) is 6.07 Å². The third-order valence-corrected chi connectivity index (χ3v) is 9.75. The lowest BCUT2D eigenvalue weighted by molar-refractivity contribution is -0.144. The van der Waals surface area contributed by atoms with Crippen LogP contribution < -0.4 is 10.9 Å². The number of amides is 1. The Morgan fingerprint density at radius 3 is 2.72 bits per heavy atom. The third kappa shape index (κ3) is 4.75. The third-order valence-electron chi connectivity index (χ3n) is 9.75. The van der Waals surface area contributed by atoms with Crippen molar-refractivity contribution < 1.29 is 14.3 Å². The molecule has 1 aromatic heterocycles. The number of aromatic amines is 1. The van der Waals surface area contributed by atoms with Gasteiger partial charge in [-0.3, -0.25) is 15.1 Å². The summed E-state index contributed by atoms with van der Waals surface area (Å²) >= 11 is 0. The van der Waals surface area contributed by atoms with Gasteiger partial charge in [0.05, 0.1) is 23.5 Å². The van der Waals surface area contributed by atoms with Gasteiger partial charge >= 0.3 is 0 Å². The lowest BCUT2D eigenvalue weighted by Gasteiger charge is -2.46. The fourth-order valence-corrected chi connectivity index (χ4v) is 7.21. The number of nitrogens with zero attached hydrogens (tertiary/aromatic N) is 4. The summed E-state index contributed by atoms with van der Waals surface area (Å²) in [6, 6.07) is 3.76. The summed E-state index contributed by atoms with van der Waals surface area (Å²) < 4.78 is 14.2. The number of H-pyrrole nitrogens is 1. The van der Waals surface area contributed by atoms with Gasteiger partial charge in [-0.2, -0.15) is 0 Å². The molecule has 9 nitrogen and oxygen atoms in total. The first kappa shape index (κ1) is 26.7. The van der Waals surface area contributed by atoms with E-state index in [-0.39, 0.29) is 35.7 Å². The Balaban J connectivity index is 1.14. The largest absolute Gasteiger partial charge is 0.505 e. The zero-order valence-electron chi connectivity index (χ0n) is 23.5. The minimum Gasteiger partial charge on any atom is -0.505 e. The Bertz CT molecular complexity index is 1230. The zero-order valence-corrected chi connectivity index (χ0v) is 23.5. The van der Waals surface area contributed by atoms with E-state index in [1.54, 1.807) is 6.07 Å². The molecule has 6 rings (SSSR count). The lowest BCUT2D eigenvalue weighted by atomic mass is 9.73. The Morgan fingerprint density at radius 2 is 2.00 bits per heavy atom. The van der Waals surface area contributed by atoms with Crippen LogP contribution in [0.1, 0.15) is 73.4 Å². The number of aromatic nitrogens is 2. The first-order valence-electron chi connectivity index (χ1n) is 14.6. The number of phenols is 1. The van der Waals surface area contributed by atoms with Crippen LogP contribution in [0.5, 0.6) is 5.75 Å². The number of likely N-dealkylation sites (N-methyl/N-ethyl adjacent to an activating group) is 2. The maximum absolute atomic E-state index is 14.2. The average Bonchev–Trinajstić information content (AvgIpc) is 3.50.